The highest BCUT2D eigenvalue weighted by atomic mass is 32.1. The standard InChI is InChI=1S/C14H14N4OS/c15-13(20)6-9-18(11-4-2-1-3-5-11)14(19)12-10-16-7-8-17-12/h1-5,7-8,10H,6,9H2,(H2,15,20). The molecule has 0 spiro atoms. The van der Waals surface area contributed by atoms with Crippen LogP contribution in [0.3, 0.4) is 0 Å². The summed E-state index contributed by atoms with van der Waals surface area (Å²) in [5.74, 6) is -0.222. The molecule has 6 heteroatoms. The van der Waals surface area contributed by atoms with Crippen LogP contribution in [-0.2, 0) is 0 Å². The molecule has 2 aromatic rings. The first-order valence-electron chi connectivity index (χ1n) is 6.09. The van der Waals surface area contributed by atoms with Gasteiger partial charge in [0.2, 0.25) is 0 Å². The van der Waals surface area contributed by atoms with Crippen molar-refractivity contribution < 1.29 is 4.79 Å². The molecule has 0 unspecified atom stereocenters. The van der Waals surface area contributed by atoms with Crippen LogP contribution >= 0.6 is 12.2 Å². The molecule has 0 saturated carbocycles. The van der Waals surface area contributed by atoms with Crippen LogP contribution in [0.2, 0.25) is 0 Å². The van der Waals surface area contributed by atoms with Crippen LogP contribution in [0.4, 0.5) is 5.69 Å². The van der Waals surface area contributed by atoms with Gasteiger partial charge in [0.25, 0.3) is 5.91 Å². The third kappa shape index (κ3) is 3.58. The Bertz CT molecular complexity index is 589. The lowest BCUT2D eigenvalue weighted by atomic mass is 10.2. The van der Waals surface area contributed by atoms with E-state index in [1.165, 1.54) is 18.6 Å². The SMILES string of the molecule is NC(=S)CCN(C(=O)c1cnccn1)c1ccccc1. The van der Waals surface area contributed by atoms with Gasteiger partial charge in [0.1, 0.15) is 5.69 Å². The van der Waals surface area contributed by atoms with E-state index in [4.69, 9.17) is 18.0 Å². The van der Waals surface area contributed by atoms with Crippen molar-refractivity contribution in [3.63, 3.8) is 0 Å². The van der Waals surface area contributed by atoms with Gasteiger partial charge >= 0.3 is 0 Å². The van der Waals surface area contributed by atoms with Gasteiger partial charge in [-0.1, -0.05) is 30.4 Å². The number of anilines is 1. The molecule has 0 bridgehead atoms. The number of hydrogen-bond acceptors (Lipinski definition) is 4. The minimum atomic E-state index is -0.222. The fourth-order valence-electron chi connectivity index (χ4n) is 1.73. The van der Waals surface area contributed by atoms with E-state index in [-0.39, 0.29) is 5.91 Å². The molecule has 1 amide bonds. The number of hydrogen-bond donors (Lipinski definition) is 1. The van der Waals surface area contributed by atoms with E-state index in [0.29, 0.717) is 23.6 Å². The lowest BCUT2D eigenvalue weighted by Gasteiger charge is -2.22. The predicted octanol–water partition coefficient (Wildman–Crippen LogP) is 1.80. The van der Waals surface area contributed by atoms with Crippen LogP contribution in [0.5, 0.6) is 0 Å². The molecule has 0 atom stereocenters. The quantitative estimate of drug-likeness (QED) is 0.849. The largest absolute Gasteiger partial charge is 0.393 e. The molecule has 20 heavy (non-hydrogen) atoms. The number of amides is 1. The van der Waals surface area contributed by atoms with Crippen LogP contribution in [0.25, 0.3) is 0 Å². The summed E-state index contributed by atoms with van der Waals surface area (Å²) in [5, 5.41) is 0. The molecule has 0 aliphatic rings. The number of carbonyl (C=O) groups is 1. The number of thiocarbonyl (C=S) groups is 1. The fraction of sp³-hybridized carbons (Fsp3) is 0.143. The van der Waals surface area contributed by atoms with E-state index < -0.39 is 0 Å². The zero-order valence-electron chi connectivity index (χ0n) is 10.8. The van der Waals surface area contributed by atoms with Crippen molar-refractivity contribution in [1.82, 2.24) is 9.97 Å². The Morgan fingerprint density at radius 2 is 2.00 bits per heavy atom. The molecule has 2 N–H and O–H groups in total. The smallest absolute Gasteiger partial charge is 0.278 e. The van der Waals surface area contributed by atoms with Gasteiger partial charge in [0.05, 0.1) is 11.2 Å². The van der Waals surface area contributed by atoms with E-state index in [2.05, 4.69) is 9.97 Å². The van der Waals surface area contributed by atoms with Crippen molar-refractivity contribution >= 4 is 28.8 Å². The van der Waals surface area contributed by atoms with Gasteiger partial charge in [-0.2, -0.15) is 0 Å². The summed E-state index contributed by atoms with van der Waals surface area (Å²) < 4.78 is 0. The zero-order valence-corrected chi connectivity index (χ0v) is 11.6. The predicted molar refractivity (Wildman–Crippen MR) is 81.6 cm³/mol. The highest BCUT2D eigenvalue weighted by molar-refractivity contribution is 7.80. The molecule has 1 aromatic carbocycles. The third-order valence-corrected chi connectivity index (χ3v) is 2.88. The number of aromatic nitrogens is 2. The van der Waals surface area contributed by atoms with Crippen molar-refractivity contribution in [3.05, 3.63) is 54.6 Å². The topological polar surface area (TPSA) is 72.1 Å². The van der Waals surface area contributed by atoms with E-state index in [9.17, 15) is 4.79 Å². The summed E-state index contributed by atoms with van der Waals surface area (Å²) in [6, 6.07) is 9.34. The number of nitrogens with zero attached hydrogens (tertiary/aromatic N) is 3. The summed E-state index contributed by atoms with van der Waals surface area (Å²) in [5.41, 5.74) is 6.59. The van der Waals surface area contributed by atoms with Crippen LogP contribution < -0.4 is 10.6 Å². The Balaban J connectivity index is 2.27. The van der Waals surface area contributed by atoms with E-state index in [1.54, 1.807) is 4.90 Å². The average Bonchev–Trinajstić information content (AvgIpc) is 2.49. The summed E-state index contributed by atoms with van der Waals surface area (Å²) in [7, 11) is 0. The van der Waals surface area contributed by atoms with Gasteiger partial charge in [-0.25, -0.2) is 4.98 Å². The molecule has 1 heterocycles. The molecule has 0 radical (unpaired) electrons. The molecule has 102 valence electrons. The first-order chi connectivity index (χ1) is 9.68. The van der Waals surface area contributed by atoms with Crippen LogP contribution in [0.15, 0.2) is 48.9 Å². The molecular weight excluding hydrogens is 272 g/mol. The van der Waals surface area contributed by atoms with Gasteiger partial charge in [-0.3, -0.25) is 9.78 Å². The maximum absolute atomic E-state index is 12.5. The second kappa shape index (κ2) is 6.72. The monoisotopic (exact) mass is 286 g/mol. The summed E-state index contributed by atoms with van der Waals surface area (Å²) in [6.45, 7) is 0.411. The summed E-state index contributed by atoms with van der Waals surface area (Å²) in [4.78, 5) is 22.4. The normalized spacial score (nSPS) is 10.0. The Labute approximate surface area is 122 Å². The zero-order chi connectivity index (χ0) is 14.4. The van der Waals surface area contributed by atoms with Crippen molar-refractivity contribution in [2.45, 2.75) is 6.42 Å². The van der Waals surface area contributed by atoms with Gasteiger partial charge in [-0.05, 0) is 12.1 Å². The fourth-order valence-corrected chi connectivity index (χ4v) is 1.82. The van der Waals surface area contributed by atoms with Gasteiger partial charge in [-0.15, -0.1) is 0 Å². The Morgan fingerprint density at radius 1 is 1.25 bits per heavy atom. The number of benzene rings is 1. The Kier molecular flexibility index (Phi) is 4.73. The Hall–Kier alpha value is -2.34. The number of para-hydroxylation sites is 1. The van der Waals surface area contributed by atoms with Gasteiger partial charge < -0.3 is 10.6 Å². The molecule has 1 aromatic heterocycles. The number of rotatable bonds is 5. The molecule has 2 rings (SSSR count). The lowest BCUT2D eigenvalue weighted by Crippen LogP contribution is -2.34. The van der Waals surface area contributed by atoms with E-state index in [0.717, 1.165) is 5.69 Å². The number of nitrogens with two attached hydrogens (primary N) is 1. The maximum Gasteiger partial charge on any atom is 0.278 e. The van der Waals surface area contributed by atoms with E-state index >= 15 is 0 Å². The highest BCUT2D eigenvalue weighted by Crippen LogP contribution is 2.16. The van der Waals surface area contributed by atoms with Crippen molar-refractivity contribution in [2.24, 2.45) is 5.73 Å². The van der Waals surface area contributed by atoms with Crippen molar-refractivity contribution in [2.75, 3.05) is 11.4 Å². The average molecular weight is 286 g/mol. The molecule has 5 nitrogen and oxygen atoms in total. The molecule has 0 aliphatic heterocycles. The molecular formula is C14H14N4OS. The van der Waals surface area contributed by atoms with Crippen LogP contribution in [0.1, 0.15) is 16.9 Å². The number of carbonyl (C=O) groups excluding carboxylic acids is 1. The lowest BCUT2D eigenvalue weighted by molar-refractivity contribution is 0.0982. The maximum atomic E-state index is 12.5. The first kappa shape index (κ1) is 14.1. The first-order valence-corrected chi connectivity index (χ1v) is 6.50. The van der Waals surface area contributed by atoms with Crippen molar-refractivity contribution in [3.8, 4) is 0 Å². The summed E-state index contributed by atoms with van der Waals surface area (Å²) >= 11 is 4.88. The van der Waals surface area contributed by atoms with Crippen LogP contribution in [0, 0.1) is 0 Å². The Morgan fingerprint density at radius 3 is 2.60 bits per heavy atom. The second-order valence-corrected chi connectivity index (χ2v) is 4.62. The molecule has 0 saturated heterocycles. The third-order valence-electron chi connectivity index (χ3n) is 2.68. The minimum Gasteiger partial charge on any atom is -0.393 e. The van der Waals surface area contributed by atoms with Gasteiger partial charge in [0.15, 0.2) is 0 Å². The second-order valence-electron chi connectivity index (χ2n) is 4.10. The molecule has 0 aliphatic carbocycles. The van der Waals surface area contributed by atoms with Gasteiger partial charge in [0, 0.05) is 31.0 Å². The van der Waals surface area contributed by atoms with Crippen molar-refractivity contribution in [1.29, 1.82) is 0 Å². The van der Waals surface area contributed by atoms with Crippen LogP contribution in [-0.4, -0.2) is 27.4 Å². The minimum absolute atomic E-state index is 0.222. The summed E-state index contributed by atoms with van der Waals surface area (Å²) in [6.07, 6.45) is 4.91. The van der Waals surface area contributed by atoms with E-state index in [1.807, 2.05) is 30.3 Å². The molecule has 0 fully saturated rings. The highest BCUT2D eigenvalue weighted by Gasteiger charge is 2.18.